The molecule has 2 aromatic rings. The van der Waals surface area contributed by atoms with Gasteiger partial charge in [-0.05, 0) is 24.3 Å². The van der Waals surface area contributed by atoms with Gasteiger partial charge in [0, 0.05) is 18.4 Å². The van der Waals surface area contributed by atoms with Crippen molar-refractivity contribution in [2.45, 2.75) is 11.4 Å². The summed E-state index contributed by atoms with van der Waals surface area (Å²) in [5, 5.41) is 0.428. The fourth-order valence-corrected chi connectivity index (χ4v) is 2.60. The van der Waals surface area contributed by atoms with Crippen molar-refractivity contribution in [3.05, 3.63) is 53.1 Å². The highest BCUT2D eigenvalue weighted by Crippen LogP contribution is 2.33. The molecule has 0 aromatic heterocycles. The van der Waals surface area contributed by atoms with Gasteiger partial charge in [0.1, 0.15) is 11.5 Å². The molecule has 0 aliphatic heterocycles. The first-order valence-corrected chi connectivity index (χ1v) is 8.14. The highest BCUT2D eigenvalue weighted by atomic mass is 35.5. The second-order valence-corrected chi connectivity index (χ2v) is 6.70. The van der Waals surface area contributed by atoms with Crippen molar-refractivity contribution in [3.63, 3.8) is 0 Å². The third kappa shape index (κ3) is 3.30. The predicted octanol–water partition coefficient (Wildman–Crippen LogP) is 2.99. The summed E-state index contributed by atoms with van der Waals surface area (Å²) < 4.78 is 28.7. The van der Waals surface area contributed by atoms with Crippen molar-refractivity contribution in [2.24, 2.45) is 5.73 Å². The van der Waals surface area contributed by atoms with Crippen molar-refractivity contribution >= 4 is 21.4 Å². The minimum absolute atomic E-state index is 0.191. The van der Waals surface area contributed by atoms with Crippen LogP contribution >= 0.6 is 11.6 Å². The Kier molecular flexibility index (Phi) is 4.32. The van der Waals surface area contributed by atoms with Crippen LogP contribution in [0.15, 0.2) is 47.4 Å². The first-order valence-electron chi connectivity index (χ1n) is 5.87. The number of sulfone groups is 1. The van der Waals surface area contributed by atoms with E-state index in [0.717, 1.165) is 11.8 Å². The Hall–Kier alpha value is -1.56. The van der Waals surface area contributed by atoms with E-state index >= 15 is 0 Å². The number of para-hydroxylation sites is 1. The first kappa shape index (κ1) is 14.8. The van der Waals surface area contributed by atoms with Crippen LogP contribution in [-0.2, 0) is 16.4 Å². The van der Waals surface area contributed by atoms with E-state index in [9.17, 15) is 8.42 Å². The van der Waals surface area contributed by atoms with Crippen molar-refractivity contribution < 1.29 is 13.2 Å². The highest BCUT2D eigenvalue weighted by Gasteiger charge is 2.11. The summed E-state index contributed by atoms with van der Waals surface area (Å²) in [5.41, 5.74) is 6.39. The molecule has 2 rings (SSSR count). The average Bonchev–Trinajstić information content (AvgIpc) is 2.40. The zero-order chi connectivity index (χ0) is 14.8. The molecule has 0 bridgehead atoms. The van der Waals surface area contributed by atoms with Gasteiger partial charge in [0.15, 0.2) is 9.84 Å². The van der Waals surface area contributed by atoms with Crippen LogP contribution in [0.25, 0.3) is 0 Å². The van der Waals surface area contributed by atoms with E-state index in [2.05, 4.69) is 0 Å². The van der Waals surface area contributed by atoms with E-state index in [0.29, 0.717) is 16.5 Å². The Morgan fingerprint density at radius 3 is 2.55 bits per heavy atom. The molecule has 4 nitrogen and oxygen atoms in total. The minimum atomic E-state index is -3.28. The summed E-state index contributed by atoms with van der Waals surface area (Å²) in [5.74, 6) is 0.845. The molecule has 2 aromatic carbocycles. The van der Waals surface area contributed by atoms with Crippen LogP contribution in [0.1, 0.15) is 5.56 Å². The molecule has 0 unspecified atom stereocenters. The Morgan fingerprint density at radius 2 is 1.90 bits per heavy atom. The molecular formula is C14H14ClNO3S. The molecule has 106 valence electrons. The van der Waals surface area contributed by atoms with Gasteiger partial charge in [-0.15, -0.1) is 0 Å². The van der Waals surface area contributed by atoms with E-state index in [1.165, 1.54) is 12.1 Å². The molecule has 0 aliphatic carbocycles. The first-order chi connectivity index (χ1) is 9.41. The molecule has 6 heteroatoms. The van der Waals surface area contributed by atoms with Gasteiger partial charge in [0.25, 0.3) is 0 Å². The van der Waals surface area contributed by atoms with E-state index in [1.54, 1.807) is 24.3 Å². The number of benzene rings is 2. The predicted molar refractivity (Wildman–Crippen MR) is 79.0 cm³/mol. The van der Waals surface area contributed by atoms with Crippen molar-refractivity contribution in [2.75, 3.05) is 6.26 Å². The Bertz CT molecular complexity index is 729. The molecule has 0 heterocycles. The number of ether oxygens (including phenoxy) is 1. The zero-order valence-corrected chi connectivity index (χ0v) is 12.4. The van der Waals surface area contributed by atoms with E-state index in [-0.39, 0.29) is 11.4 Å². The lowest BCUT2D eigenvalue weighted by Crippen LogP contribution is -2.01. The van der Waals surface area contributed by atoms with E-state index in [1.807, 2.05) is 6.07 Å². The lowest BCUT2D eigenvalue weighted by atomic mass is 10.2. The van der Waals surface area contributed by atoms with Crippen LogP contribution in [0.4, 0.5) is 0 Å². The van der Waals surface area contributed by atoms with Gasteiger partial charge in [-0.3, -0.25) is 0 Å². The highest BCUT2D eigenvalue weighted by molar-refractivity contribution is 7.90. The van der Waals surface area contributed by atoms with Gasteiger partial charge in [-0.2, -0.15) is 0 Å². The molecule has 0 amide bonds. The van der Waals surface area contributed by atoms with Crippen molar-refractivity contribution in [1.82, 2.24) is 0 Å². The lowest BCUT2D eigenvalue weighted by Gasteiger charge is -2.12. The molecule has 0 radical (unpaired) electrons. The molecule has 0 spiro atoms. The maximum atomic E-state index is 11.5. The second-order valence-electron chi connectivity index (χ2n) is 4.28. The molecule has 0 saturated carbocycles. The summed E-state index contributed by atoms with van der Waals surface area (Å²) in [7, 11) is -3.28. The second kappa shape index (κ2) is 5.83. The van der Waals surface area contributed by atoms with Gasteiger partial charge < -0.3 is 10.5 Å². The summed E-state index contributed by atoms with van der Waals surface area (Å²) in [4.78, 5) is 0.191. The average molecular weight is 312 g/mol. The number of nitrogens with two attached hydrogens (primary N) is 1. The van der Waals surface area contributed by atoms with E-state index < -0.39 is 9.84 Å². The van der Waals surface area contributed by atoms with E-state index in [4.69, 9.17) is 22.1 Å². The van der Waals surface area contributed by atoms with Gasteiger partial charge in [-0.25, -0.2) is 8.42 Å². The van der Waals surface area contributed by atoms with Crippen LogP contribution in [0.5, 0.6) is 11.5 Å². The summed E-state index contributed by atoms with van der Waals surface area (Å²) in [6.45, 7) is 0.279. The standard InChI is InChI=1S/C14H14ClNO3S/c1-20(17,18)12-6-3-5-11(8-12)19-14-10(9-16)4-2-7-13(14)15/h2-8H,9,16H2,1H3. The largest absolute Gasteiger partial charge is 0.455 e. The SMILES string of the molecule is CS(=O)(=O)c1cccc(Oc2c(Cl)cccc2CN)c1. The number of rotatable bonds is 4. The molecule has 20 heavy (non-hydrogen) atoms. The lowest BCUT2D eigenvalue weighted by molar-refractivity contribution is 0.475. The zero-order valence-electron chi connectivity index (χ0n) is 10.8. The van der Waals surface area contributed by atoms with Gasteiger partial charge in [0.2, 0.25) is 0 Å². The summed E-state index contributed by atoms with van der Waals surface area (Å²) in [6, 6.07) is 11.5. The molecule has 2 N–H and O–H groups in total. The Labute approximate surface area is 123 Å². The van der Waals surface area contributed by atoms with Crippen LogP contribution in [-0.4, -0.2) is 14.7 Å². The van der Waals surface area contributed by atoms with Crippen LogP contribution in [0.3, 0.4) is 0 Å². The maximum absolute atomic E-state index is 11.5. The topological polar surface area (TPSA) is 69.4 Å². The minimum Gasteiger partial charge on any atom is -0.455 e. The van der Waals surface area contributed by atoms with Gasteiger partial charge >= 0.3 is 0 Å². The fraction of sp³-hybridized carbons (Fsp3) is 0.143. The van der Waals surface area contributed by atoms with Gasteiger partial charge in [-0.1, -0.05) is 29.8 Å². The molecule has 0 atom stereocenters. The monoisotopic (exact) mass is 311 g/mol. The third-order valence-corrected chi connectivity index (χ3v) is 4.13. The summed E-state index contributed by atoms with van der Waals surface area (Å²) >= 11 is 6.09. The molecule has 0 saturated heterocycles. The van der Waals surface area contributed by atoms with Crippen LogP contribution < -0.4 is 10.5 Å². The number of hydrogen-bond acceptors (Lipinski definition) is 4. The smallest absolute Gasteiger partial charge is 0.175 e. The van der Waals surface area contributed by atoms with Crippen molar-refractivity contribution in [1.29, 1.82) is 0 Å². The van der Waals surface area contributed by atoms with Crippen LogP contribution in [0.2, 0.25) is 5.02 Å². The number of hydrogen-bond donors (Lipinski definition) is 1. The molecule has 0 fully saturated rings. The molecular weight excluding hydrogens is 298 g/mol. The third-order valence-electron chi connectivity index (χ3n) is 2.72. The van der Waals surface area contributed by atoms with Crippen LogP contribution in [0, 0.1) is 0 Å². The summed E-state index contributed by atoms with van der Waals surface area (Å²) in [6.07, 6.45) is 1.15. The normalized spacial score (nSPS) is 11.3. The maximum Gasteiger partial charge on any atom is 0.175 e. The van der Waals surface area contributed by atoms with Gasteiger partial charge in [0.05, 0.1) is 9.92 Å². The Morgan fingerprint density at radius 1 is 1.20 bits per heavy atom. The molecule has 0 aliphatic rings. The quantitative estimate of drug-likeness (QED) is 0.942. The Balaban J connectivity index is 2.41. The van der Waals surface area contributed by atoms with Crippen molar-refractivity contribution in [3.8, 4) is 11.5 Å². The number of halogens is 1. The fourth-order valence-electron chi connectivity index (χ4n) is 1.71.